The summed E-state index contributed by atoms with van der Waals surface area (Å²) in [6, 6.07) is 5.10. The van der Waals surface area contributed by atoms with Gasteiger partial charge >= 0.3 is 6.18 Å². The van der Waals surface area contributed by atoms with Crippen molar-refractivity contribution in [1.82, 2.24) is 4.98 Å². The van der Waals surface area contributed by atoms with Crippen molar-refractivity contribution in [3.63, 3.8) is 0 Å². The molecule has 0 spiro atoms. The van der Waals surface area contributed by atoms with Crippen LogP contribution in [0.5, 0.6) is 0 Å². The molecule has 2 rings (SSSR count). The van der Waals surface area contributed by atoms with Gasteiger partial charge in [0.05, 0.1) is 10.5 Å². The number of pyridine rings is 1. The number of halogens is 3. The quantitative estimate of drug-likeness (QED) is 0.897. The average molecular weight is 346 g/mol. The zero-order valence-corrected chi connectivity index (χ0v) is 13.0. The lowest BCUT2D eigenvalue weighted by Crippen LogP contribution is -2.22. The summed E-state index contributed by atoms with van der Waals surface area (Å²) >= 11 is 0. The number of aryl methyl sites for hydroxylation is 2. The molecule has 0 fully saturated rings. The fourth-order valence-corrected chi connectivity index (χ4v) is 3.30. The molecule has 1 aromatic carbocycles. The van der Waals surface area contributed by atoms with Gasteiger partial charge in [-0.3, -0.25) is 9.52 Å². The van der Waals surface area contributed by atoms with Crippen LogP contribution < -0.4 is 10.3 Å². The predicted octanol–water partition coefficient (Wildman–Crippen LogP) is 2.81. The highest BCUT2D eigenvalue weighted by molar-refractivity contribution is 7.92. The summed E-state index contributed by atoms with van der Waals surface area (Å²) in [6.45, 7) is 3.22. The van der Waals surface area contributed by atoms with Crippen LogP contribution >= 0.6 is 0 Å². The second-order valence-electron chi connectivity index (χ2n) is 5.00. The Hall–Kier alpha value is -2.29. The average Bonchev–Trinajstić information content (AvgIpc) is 2.42. The number of aromatic nitrogens is 1. The molecule has 0 aliphatic rings. The van der Waals surface area contributed by atoms with Gasteiger partial charge in [-0.2, -0.15) is 13.2 Å². The number of hydrogen-bond donors (Lipinski definition) is 2. The topological polar surface area (TPSA) is 79.0 Å². The van der Waals surface area contributed by atoms with Crippen LogP contribution in [0.3, 0.4) is 0 Å². The Balaban J connectivity index is 2.49. The van der Waals surface area contributed by atoms with Gasteiger partial charge in [-0.05, 0) is 37.1 Å². The third kappa shape index (κ3) is 3.73. The molecule has 5 nitrogen and oxygen atoms in total. The van der Waals surface area contributed by atoms with Gasteiger partial charge in [0, 0.05) is 6.20 Å². The number of aromatic amines is 1. The van der Waals surface area contributed by atoms with E-state index in [-0.39, 0.29) is 4.90 Å². The fourth-order valence-electron chi connectivity index (χ4n) is 1.92. The number of H-pyrrole nitrogens is 1. The highest BCUT2D eigenvalue weighted by Gasteiger charge is 2.32. The number of sulfonamides is 1. The first-order valence-corrected chi connectivity index (χ1v) is 7.89. The van der Waals surface area contributed by atoms with Crippen molar-refractivity contribution in [2.45, 2.75) is 24.9 Å². The summed E-state index contributed by atoms with van der Waals surface area (Å²) < 4.78 is 64.6. The van der Waals surface area contributed by atoms with Crippen LogP contribution in [-0.4, -0.2) is 13.4 Å². The Morgan fingerprint density at radius 2 is 1.78 bits per heavy atom. The van der Waals surface area contributed by atoms with Gasteiger partial charge < -0.3 is 4.98 Å². The molecular weight excluding hydrogens is 333 g/mol. The monoisotopic (exact) mass is 346 g/mol. The lowest BCUT2D eigenvalue weighted by Gasteiger charge is -2.12. The van der Waals surface area contributed by atoms with Crippen molar-refractivity contribution in [2.24, 2.45) is 0 Å². The highest BCUT2D eigenvalue weighted by Crippen LogP contribution is 2.29. The molecule has 0 saturated carbocycles. The number of hydrogen-bond acceptors (Lipinski definition) is 3. The first-order valence-electron chi connectivity index (χ1n) is 6.41. The normalized spacial score (nSPS) is 12.2. The molecule has 124 valence electrons. The van der Waals surface area contributed by atoms with Gasteiger partial charge in [0.15, 0.2) is 0 Å². The van der Waals surface area contributed by atoms with E-state index in [2.05, 4.69) is 0 Å². The first-order chi connectivity index (χ1) is 10.5. The van der Waals surface area contributed by atoms with E-state index in [1.54, 1.807) is 26.0 Å². The highest BCUT2D eigenvalue weighted by atomic mass is 32.2. The summed E-state index contributed by atoms with van der Waals surface area (Å²) in [5.41, 5.74) is -1.75. The first kappa shape index (κ1) is 17.1. The Morgan fingerprint density at radius 3 is 2.39 bits per heavy atom. The maximum Gasteiger partial charge on any atom is 0.417 e. The second-order valence-corrected chi connectivity index (χ2v) is 6.65. The Labute approximate surface area is 130 Å². The van der Waals surface area contributed by atoms with E-state index in [9.17, 15) is 26.4 Å². The van der Waals surface area contributed by atoms with Crippen LogP contribution in [0.25, 0.3) is 0 Å². The smallest absolute Gasteiger partial charge is 0.327 e. The summed E-state index contributed by atoms with van der Waals surface area (Å²) in [4.78, 5) is 13.4. The standard InChI is InChI=1S/C14H13F3N2O3S/c1-8-3-4-9(2)12(5-8)23(21,22)19-11-6-10(14(15,16)17)7-18-13(11)20/h3-7,19H,1-2H3,(H,18,20). The van der Waals surface area contributed by atoms with Gasteiger partial charge in [0.25, 0.3) is 15.6 Å². The molecule has 0 aliphatic heterocycles. The molecular formula is C14H13F3N2O3S. The second kappa shape index (κ2) is 5.73. The SMILES string of the molecule is Cc1ccc(C)c(S(=O)(=O)Nc2cc(C(F)(F)F)c[nH]c2=O)c1. The maximum absolute atomic E-state index is 12.7. The summed E-state index contributed by atoms with van der Waals surface area (Å²) in [7, 11) is -4.19. The third-order valence-electron chi connectivity index (χ3n) is 3.11. The summed E-state index contributed by atoms with van der Waals surface area (Å²) in [5.74, 6) is 0. The molecule has 2 N–H and O–H groups in total. The third-order valence-corrected chi connectivity index (χ3v) is 4.62. The summed E-state index contributed by atoms with van der Waals surface area (Å²) in [5, 5.41) is 0. The molecule has 0 atom stereocenters. The van der Waals surface area contributed by atoms with Gasteiger partial charge in [0.1, 0.15) is 5.69 Å². The molecule has 0 radical (unpaired) electrons. The molecule has 0 amide bonds. The molecule has 23 heavy (non-hydrogen) atoms. The maximum atomic E-state index is 12.7. The molecule has 0 aliphatic carbocycles. The van der Waals surface area contributed by atoms with E-state index in [1.807, 2.05) is 9.71 Å². The zero-order chi connectivity index (χ0) is 17.4. The Morgan fingerprint density at radius 1 is 1.13 bits per heavy atom. The Bertz CT molecular complexity index is 902. The molecule has 2 aromatic rings. The van der Waals surface area contributed by atoms with Gasteiger partial charge in [-0.15, -0.1) is 0 Å². The lowest BCUT2D eigenvalue weighted by molar-refractivity contribution is -0.137. The van der Waals surface area contributed by atoms with E-state index in [4.69, 9.17) is 0 Å². The Kier molecular flexibility index (Phi) is 4.25. The zero-order valence-electron chi connectivity index (χ0n) is 12.2. The van der Waals surface area contributed by atoms with Crippen LogP contribution in [0.1, 0.15) is 16.7 Å². The molecule has 9 heteroatoms. The van der Waals surface area contributed by atoms with E-state index in [1.165, 1.54) is 6.07 Å². The van der Waals surface area contributed by atoms with Crippen molar-refractivity contribution < 1.29 is 21.6 Å². The number of nitrogens with one attached hydrogen (secondary N) is 2. The van der Waals surface area contributed by atoms with E-state index in [0.29, 0.717) is 23.4 Å². The van der Waals surface area contributed by atoms with Crippen LogP contribution in [0.2, 0.25) is 0 Å². The van der Waals surface area contributed by atoms with Crippen molar-refractivity contribution >= 4 is 15.7 Å². The van der Waals surface area contributed by atoms with Crippen LogP contribution in [-0.2, 0) is 16.2 Å². The summed E-state index contributed by atoms with van der Waals surface area (Å²) in [6.07, 6.45) is -4.22. The van der Waals surface area contributed by atoms with E-state index >= 15 is 0 Å². The van der Waals surface area contributed by atoms with Crippen LogP contribution in [0.15, 0.2) is 40.2 Å². The number of anilines is 1. The molecule has 1 heterocycles. The minimum atomic E-state index is -4.70. The van der Waals surface area contributed by atoms with E-state index < -0.39 is 33.0 Å². The van der Waals surface area contributed by atoms with Crippen molar-refractivity contribution in [3.8, 4) is 0 Å². The molecule has 0 bridgehead atoms. The van der Waals surface area contributed by atoms with Crippen LogP contribution in [0.4, 0.5) is 18.9 Å². The minimum Gasteiger partial charge on any atom is -0.327 e. The van der Waals surface area contributed by atoms with Crippen molar-refractivity contribution in [2.75, 3.05) is 4.72 Å². The van der Waals surface area contributed by atoms with Gasteiger partial charge in [-0.1, -0.05) is 12.1 Å². The predicted molar refractivity (Wildman–Crippen MR) is 78.8 cm³/mol. The number of alkyl halides is 3. The van der Waals surface area contributed by atoms with Gasteiger partial charge in [0.2, 0.25) is 0 Å². The fraction of sp³-hybridized carbons (Fsp3) is 0.214. The molecule has 0 unspecified atom stereocenters. The largest absolute Gasteiger partial charge is 0.417 e. The molecule has 1 aromatic heterocycles. The molecule has 0 saturated heterocycles. The van der Waals surface area contributed by atoms with E-state index in [0.717, 1.165) is 0 Å². The number of rotatable bonds is 3. The van der Waals surface area contributed by atoms with Crippen molar-refractivity contribution in [1.29, 1.82) is 0 Å². The van der Waals surface area contributed by atoms with Crippen molar-refractivity contribution in [3.05, 3.63) is 57.5 Å². The van der Waals surface area contributed by atoms with Crippen LogP contribution in [0, 0.1) is 13.8 Å². The van der Waals surface area contributed by atoms with Gasteiger partial charge in [-0.25, -0.2) is 8.42 Å². The minimum absolute atomic E-state index is 0.102. The number of benzene rings is 1. The lowest BCUT2D eigenvalue weighted by atomic mass is 10.2.